The van der Waals surface area contributed by atoms with E-state index in [4.69, 9.17) is 0 Å². The first kappa shape index (κ1) is 20.6. The van der Waals surface area contributed by atoms with Crippen LogP contribution < -0.4 is 10.0 Å². The highest BCUT2D eigenvalue weighted by Crippen LogP contribution is 2.20. The lowest BCUT2D eigenvalue weighted by Gasteiger charge is -2.15. The van der Waals surface area contributed by atoms with Crippen molar-refractivity contribution < 1.29 is 13.2 Å². The topological polar surface area (TPSA) is 75.3 Å². The number of anilines is 1. The predicted molar refractivity (Wildman–Crippen MR) is 115 cm³/mol. The number of carbonyl (C=O) groups excluding carboxylic acids is 1. The second-order valence-electron chi connectivity index (χ2n) is 7.05. The number of nitrogens with one attached hydrogen (secondary N) is 2. The van der Waals surface area contributed by atoms with E-state index in [0.717, 1.165) is 16.7 Å². The first-order valence-corrected chi connectivity index (χ1v) is 10.8. The van der Waals surface area contributed by atoms with Crippen LogP contribution in [0.5, 0.6) is 0 Å². The largest absolute Gasteiger partial charge is 0.346 e. The lowest BCUT2D eigenvalue weighted by atomic mass is 10.1. The summed E-state index contributed by atoms with van der Waals surface area (Å²) in [5, 5.41) is 2.93. The molecule has 0 saturated heterocycles. The molecule has 0 aliphatic rings. The van der Waals surface area contributed by atoms with Crippen LogP contribution in [0.1, 0.15) is 40.0 Å². The molecule has 0 heterocycles. The molecule has 29 heavy (non-hydrogen) atoms. The van der Waals surface area contributed by atoms with Gasteiger partial charge in [-0.25, -0.2) is 8.42 Å². The van der Waals surface area contributed by atoms with Crippen LogP contribution in [0.2, 0.25) is 0 Å². The van der Waals surface area contributed by atoms with Crippen LogP contribution in [0.4, 0.5) is 5.69 Å². The highest BCUT2D eigenvalue weighted by molar-refractivity contribution is 7.92. The average molecular weight is 409 g/mol. The number of hydrogen-bond acceptors (Lipinski definition) is 3. The lowest BCUT2D eigenvalue weighted by molar-refractivity contribution is 0.0940. The molecule has 3 aromatic carbocycles. The summed E-state index contributed by atoms with van der Waals surface area (Å²) in [6, 6.07) is 20.9. The van der Waals surface area contributed by atoms with Gasteiger partial charge in [-0.3, -0.25) is 9.52 Å². The molecular formula is C23H24N2O3S. The standard InChI is InChI=1S/C23H24N2O3S/c1-16-8-10-19(11-9-16)18(3)24-23(26)20-12-14-21(15-13-20)29(27,28)25-22-7-5-4-6-17(22)2/h4-15,18,25H,1-3H3,(H,24,26). The average Bonchev–Trinajstić information content (AvgIpc) is 2.70. The third-order valence-corrected chi connectivity index (χ3v) is 6.12. The maximum atomic E-state index is 12.6. The summed E-state index contributed by atoms with van der Waals surface area (Å²) in [4.78, 5) is 12.6. The Bertz CT molecular complexity index is 1110. The fourth-order valence-electron chi connectivity index (χ4n) is 2.89. The smallest absolute Gasteiger partial charge is 0.261 e. The number of rotatable bonds is 6. The highest BCUT2D eigenvalue weighted by Gasteiger charge is 2.17. The van der Waals surface area contributed by atoms with Crippen molar-refractivity contribution in [2.75, 3.05) is 4.72 Å². The number of carbonyl (C=O) groups is 1. The van der Waals surface area contributed by atoms with Crippen LogP contribution >= 0.6 is 0 Å². The molecule has 0 saturated carbocycles. The SMILES string of the molecule is Cc1ccc(C(C)NC(=O)c2ccc(S(=O)(=O)Nc3ccccc3C)cc2)cc1. The number of sulfonamides is 1. The van der Waals surface area contributed by atoms with E-state index in [1.54, 1.807) is 12.1 Å². The van der Waals surface area contributed by atoms with Gasteiger partial charge in [0.1, 0.15) is 0 Å². The normalized spacial score (nSPS) is 12.2. The Morgan fingerprint density at radius 3 is 2.10 bits per heavy atom. The van der Waals surface area contributed by atoms with E-state index in [9.17, 15) is 13.2 Å². The van der Waals surface area contributed by atoms with Crippen molar-refractivity contribution in [3.05, 3.63) is 95.1 Å². The second kappa shape index (κ2) is 8.49. The highest BCUT2D eigenvalue weighted by atomic mass is 32.2. The van der Waals surface area contributed by atoms with Gasteiger partial charge in [-0.2, -0.15) is 0 Å². The van der Waals surface area contributed by atoms with Gasteiger partial charge >= 0.3 is 0 Å². The molecule has 0 bridgehead atoms. The summed E-state index contributed by atoms with van der Waals surface area (Å²) in [5.41, 5.74) is 3.92. The molecule has 6 heteroatoms. The van der Waals surface area contributed by atoms with Crippen LogP contribution in [-0.2, 0) is 10.0 Å². The van der Waals surface area contributed by atoms with Crippen LogP contribution in [0, 0.1) is 13.8 Å². The molecule has 2 N–H and O–H groups in total. The zero-order valence-corrected chi connectivity index (χ0v) is 17.5. The zero-order valence-electron chi connectivity index (χ0n) is 16.6. The molecule has 0 aliphatic carbocycles. The van der Waals surface area contributed by atoms with Gasteiger partial charge in [0, 0.05) is 5.56 Å². The summed E-state index contributed by atoms with van der Waals surface area (Å²) in [6.07, 6.45) is 0. The summed E-state index contributed by atoms with van der Waals surface area (Å²) in [6.45, 7) is 5.75. The lowest BCUT2D eigenvalue weighted by Crippen LogP contribution is -2.26. The molecule has 150 valence electrons. The van der Waals surface area contributed by atoms with Crippen molar-refractivity contribution in [2.24, 2.45) is 0 Å². The minimum Gasteiger partial charge on any atom is -0.346 e. The number of hydrogen-bond donors (Lipinski definition) is 2. The maximum Gasteiger partial charge on any atom is 0.261 e. The van der Waals surface area contributed by atoms with E-state index in [2.05, 4.69) is 10.0 Å². The van der Waals surface area contributed by atoms with E-state index < -0.39 is 10.0 Å². The van der Waals surface area contributed by atoms with Gasteiger partial charge < -0.3 is 5.32 Å². The minimum absolute atomic E-state index is 0.101. The molecule has 0 fully saturated rings. The Kier molecular flexibility index (Phi) is 6.03. The number of amides is 1. The molecule has 3 rings (SSSR count). The van der Waals surface area contributed by atoms with Gasteiger partial charge in [-0.15, -0.1) is 0 Å². The molecule has 0 aliphatic heterocycles. The molecule has 1 atom stereocenters. The van der Waals surface area contributed by atoms with E-state index in [-0.39, 0.29) is 16.8 Å². The Hall–Kier alpha value is -3.12. The molecule has 3 aromatic rings. The number of aryl methyl sites for hydroxylation is 2. The fraction of sp³-hybridized carbons (Fsp3) is 0.174. The van der Waals surface area contributed by atoms with Crippen molar-refractivity contribution >= 4 is 21.6 Å². The van der Waals surface area contributed by atoms with Gasteiger partial charge in [0.2, 0.25) is 0 Å². The summed E-state index contributed by atoms with van der Waals surface area (Å²) in [5.74, 6) is -0.256. The molecule has 5 nitrogen and oxygen atoms in total. The third-order valence-electron chi connectivity index (χ3n) is 4.74. The molecular weight excluding hydrogens is 384 g/mol. The van der Waals surface area contributed by atoms with Crippen molar-refractivity contribution in [2.45, 2.75) is 31.7 Å². The quantitative estimate of drug-likeness (QED) is 0.626. The zero-order chi connectivity index (χ0) is 21.0. The summed E-state index contributed by atoms with van der Waals surface area (Å²) in [7, 11) is -3.73. The van der Waals surface area contributed by atoms with Gasteiger partial charge in [0.05, 0.1) is 16.6 Å². The van der Waals surface area contributed by atoms with E-state index in [1.165, 1.54) is 24.3 Å². The Morgan fingerprint density at radius 1 is 0.862 bits per heavy atom. The maximum absolute atomic E-state index is 12.6. The summed E-state index contributed by atoms with van der Waals surface area (Å²) < 4.78 is 27.8. The van der Waals surface area contributed by atoms with Crippen LogP contribution in [0.25, 0.3) is 0 Å². The van der Waals surface area contributed by atoms with E-state index in [0.29, 0.717) is 11.3 Å². The Morgan fingerprint density at radius 2 is 1.48 bits per heavy atom. The first-order chi connectivity index (χ1) is 13.8. The Labute approximate surface area is 171 Å². The minimum atomic E-state index is -3.73. The van der Waals surface area contributed by atoms with E-state index >= 15 is 0 Å². The van der Waals surface area contributed by atoms with Crippen molar-refractivity contribution in [1.82, 2.24) is 5.32 Å². The predicted octanol–water partition coefficient (Wildman–Crippen LogP) is 4.60. The van der Waals surface area contributed by atoms with Gasteiger partial charge in [0.15, 0.2) is 0 Å². The van der Waals surface area contributed by atoms with Crippen LogP contribution in [0.15, 0.2) is 77.7 Å². The molecule has 0 spiro atoms. The molecule has 1 unspecified atom stereocenters. The van der Waals surface area contributed by atoms with Crippen molar-refractivity contribution in [3.63, 3.8) is 0 Å². The Balaban J connectivity index is 1.71. The molecule has 0 aromatic heterocycles. The second-order valence-corrected chi connectivity index (χ2v) is 8.73. The van der Waals surface area contributed by atoms with Gasteiger partial charge in [-0.05, 0) is 62.2 Å². The monoisotopic (exact) mass is 408 g/mol. The van der Waals surface area contributed by atoms with Crippen LogP contribution in [-0.4, -0.2) is 14.3 Å². The van der Waals surface area contributed by atoms with Gasteiger partial charge in [-0.1, -0.05) is 48.0 Å². The molecule has 0 radical (unpaired) electrons. The third kappa shape index (κ3) is 5.03. The van der Waals surface area contributed by atoms with Crippen LogP contribution in [0.3, 0.4) is 0 Å². The summed E-state index contributed by atoms with van der Waals surface area (Å²) >= 11 is 0. The van der Waals surface area contributed by atoms with Crippen molar-refractivity contribution in [1.29, 1.82) is 0 Å². The number of para-hydroxylation sites is 1. The number of benzene rings is 3. The first-order valence-electron chi connectivity index (χ1n) is 9.32. The fourth-order valence-corrected chi connectivity index (χ4v) is 4.03. The van der Waals surface area contributed by atoms with Crippen molar-refractivity contribution in [3.8, 4) is 0 Å². The van der Waals surface area contributed by atoms with Gasteiger partial charge in [0.25, 0.3) is 15.9 Å². The van der Waals surface area contributed by atoms with E-state index in [1.807, 2.05) is 57.2 Å². The molecule has 1 amide bonds.